The van der Waals surface area contributed by atoms with Gasteiger partial charge >= 0.3 is 0 Å². The highest BCUT2D eigenvalue weighted by atomic mass is 127. The molecule has 1 aromatic carbocycles. The minimum atomic E-state index is 0. The molecule has 2 heterocycles. The van der Waals surface area contributed by atoms with E-state index in [1.807, 2.05) is 12.1 Å². The van der Waals surface area contributed by atoms with Gasteiger partial charge in [0.2, 0.25) is 0 Å². The van der Waals surface area contributed by atoms with Gasteiger partial charge in [-0.3, -0.25) is 9.89 Å². The molecule has 7 heteroatoms. The number of nitrogens with one attached hydrogen (secondary N) is 2. The summed E-state index contributed by atoms with van der Waals surface area (Å²) >= 11 is 6.01. The van der Waals surface area contributed by atoms with Crippen molar-refractivity contribution in [2.45, 2.75) is 70.2 Å². The van der Waals surface area contributed by atoms with Gasteiger partial charge < -0.3 is 15.4 Å². The fraction of sp³-hybridized carbons (Fsp3) is 0.708. The normalized spacial score (nSPS) is 30.1. The van der Waals surface area contributed by atoms with Crippen molar-refractivity contribution < 1.29 is 4.74 Å². The third-order valence-electron chi connectivity index (χ3n) is 7.89. The van der Waals surface area contributed by atoms with Gasteiger partial charge in [0.15, 0.2) is 5.96 Å². The van der Waals surface area contributed by atoms with E-state index in [0.29, 0.717) is 29.5 Å². The maximum Gasteiger partial charge on any atom is 0.191 e. The summed E-state index contributed by atoms with van der Waals surface area (Å²) in [6.07, 6.45) is 7.99. The van der Waals surface area contributed by atoms with Crippen LogP contribution in [0.25, 0.3) is 0 Å². The number of guanidine groups is 1. The SMILES string of the molecule is CCN=C(NC1CCN(Cc2ccc(Cl)cc2)CC1)NC1C2CCOC2C12CCC2.I. The molecular weight excluding hydrogens is 523 g/mol. The summed E-state index contributed by atoms with van der Waals surface area (Å²) in [6.45, 7) is 7.12. The van der Waals surface area contributed by atoms with E-state index in [0.717, 1.165) is 56.6 Å². The van der Waals surface area contributed by atoms with Crippen LogP contribution < -0.4 is 10.6 Å². The smallest absolute Gasteiger partial charge is 0.191 e. The lowest BCUT2D eigenvalue weighted by molar-refractivity contribution is -0.171. The van der Waals surface area contributed by atoms with Gasteiger partial charge in [0.25, 0.3) is 0 Å². The summed E-state index contributed by atoms with van der Waals surface area (Å²) < 4.78 is 6.09. The van der Waals surface area contributed by atoms with Crippen molar-refractivity contribution in [3.05, 3.63) is 34.9 Å². The van der Waals surface area contributed by atoms with Gasteiger partial charge in [-0.05, 0) is 56.7 Å². The van der Waals surface area contributed by atoms with Crippen LogP contribution in [-0.2, 0) is 11.3 Å². The number of hydrogen-bond acceptors (Lipinski definition) is 3. The van der Waals surface area contributed by atoms with Crippen LogP contribution in [0, 0.1) is 11.3 Å². The van der Waals surface area contributed by atoms with Gasteiger partial charge in [-0.25, -0.2) is 0 Å². The molecule has 2 aliphatic carbocycles. The Balaban J connectivity index is 0.00000231. The van der Waals surface area contributed by atoms with Gasteiger partial charge in [0.1, 0.15) is 0 Å². The molecule has 2 saturated heterocycles. The molecule has 172 valence electrons. The first kappa shape index (κ1) is 23.6. The molecule has 3 unspecified atom stereocenters. The standard InChI is InChI=1S/C24H35ClN4O.HI/c1-2-26-23(28-21-20-10-15-30-22(20)24(21)11-3-12-24)27-19-8-13-29(14-9-19)16-17-4-6-18(25)7-5-17;/h4-7,19-22H,2-3,8-16H2,1H3,(H2,26,27,28);1H. The fourth-order valence-corrected chi connectivity index (χ4v) is 6.30. The zero-order chi connectivity index (χ0) is 20.6. The predicted octanol–water partition coefficient (Wildman–Crippen LogP) is 4.44. The Morgan fingerprint density at radius 1 is 1.16 bits per heavy atom. The number of fused-ring (bicyclic) bond motifs is 2. The van der Waals surface area contributed by atoms with E-state index in [-0.39, 0.29) is 24.0 Å². The molecule has 1 spiro atoms. The van der Waals surface area contributed by atoms with Gasteiger partial charge in [0, 0.05) is 61.2 Å². The Morgan fingerprint density at radius 3 is 2.55 bits per heavy atom. The van der Waals surface area contributed by atoms with Crippen LogP contribution in [0.1, 0.15) is 51.0 Å². The van der Waals surface area contributed by atoms with Crippen LogP contribution in [0.4, 0.5) is 0 Å². The highest BCUT2D eigenvalue weighted by Crippen LogP contribution is 2.62. The van der Waals surface area contributed by atoms with Crippen molar-refractivity contribution in [3.8, 4) is 0 Å². The number of nitrogens with zero attached hydrogens (tertiary/aromatic N) is 2. The monoisotopic (exact) mass is 558 g/mol. The first-order chi connectivity index (χ1) is 14.7. The van der Waals surface area contributed by atoms with Crippen LogP contribution in [0.5, 0.6) is 0 Å². The number of aliphatic imine (C=N–C) groups is 1. The largest absolute Gasteiger partial charge is 0.377 e. The Labute approximate surface area is 208 Å². The highest BCUT2D eigenvalue weighted by Gasteiger charge is 2.66. The first-order valence-corrected chi connectivity index (χ1v) is 12.2. The molecule has 2 aliphatic heterocycles. The Bertz CT molecular complexity index is 761. The van der Waals surface area contributed by atoms with Gasteiger partial charge in [-0.2, -0.15) is 0 Å². The summed E-state index contributed by atoms with van der Waals surface area (Å²) in [7, 11) is 0. The second-order valence-corrected chi connectivity index (χ2v) is 10.0. The number of ether oxygens (including phenoxy) is 1. The maximum atomic E-state index is 6.09. The van der Waals surface area contributed by atoms with Crippen LogP contribution in [0.15, 0.2) is 29.3 Å². The molecule has 5 rings (SSSR count). The summed E-state index contributed by atoms with van der Waals surface area (Å²) in [4.78, 5) is 7.34. The van der Waals surface area contributed by atoms with E-state index in [4.69, 9.17) is 21.3 Å². The third-order valence-corrected chi connectivity index (χ3v) is 8.14. The van der Waals surface area contributed by atoms with Crippen LogP contribution in [-0.4, -0.2) is 55.3 Å². The van der Waals surface area contributed by atoms with Crippen molar-refractivity contribution in [2.24, 2.45) is 16.3 Å². The van der Waals surface area contributed by atoms with Crippen molar-refractivity contribution in [1.29, 1.82) is 0 Å². The molecule has 0 radical (unpaired) electrons. The summed E-state index contributed by atoms with van der Waals surface area (Å²) in [5.41, 5.74) is 1.73. The molecule has 4 aliphatic rings. The van der Waals surface area contributed by atoms with E-state index in [1.165, 1.54) is 31.2 Å². The molecule has 2 N–H and O–H groups in total. The van der Waals surface area contributed by atoms with E-state index in [9.17, 15) is 0 Å². The number of benzene rings is 1. The lowest BCUT2D eigenvalue weighted by atomic mass is 9.46. The molecule has 2 saturated carbocycles. The van der Waals surface area contributed by atoms with E-state index >= 15 is 0 Å². The minimum Gasteiger partial charge on any atom is -0.377 e. The second-order valence-electron chi connectivity index (χ2n) is 9.60. The highest BCUT2D eigenvalue weighted by molar-refractivity contribution is 14.0. The quantitative estimate of drug-likeness (QED) is 0.319. The summed E-state index contributed by atoms with van der Waals surface area (Å²) in [5.74, 6) is 1.70. The van der Waals surface area contributed by atoms with E-state index < -0.39 is 0 Å². The number of rotatable bonds is 5. The molecule has 4 fully saturated rings. The molecule has 31 heavy (non-hydrogen) atoms. The minimum absolute atomic E-state index is 0. The third kappa shape index (κ3) is 4.73. The fourth-order valence-electron chi connectivity index (χ4n) is 6.17. The van der Waals surface area contributed by atoms with E-state index in [1.54, 1.807) is 0 Å². The zero-order valence-corrected chi connectivity index (χ0v) is 21.6. The molecule has 5 nitrogen and oxygen atoms in total. The maximum absolute atomic E-state index is 6.09. The number of hydrogen-bond donors (Lipinski definition) is 2. The van der Waals surface area contributed by atoms with Crippen LogP contribution >= 0.6 is 35.6 Å². The summed E-state index contributed by atoms with van der Waals surface area (Å²) in [6, 6.07) is 9.28. The Kier molecular flexibility index (Phi) is 7.72. The lowest BCUT2D eigenvalue weighted by Crippen LogP contribution is -2.72. The Morgan fingerprint density at radius 2 is 1.90 bits per heavy atom. The second kappa shape index (κ2) is 10.1. The predicted molar refractivity (Wildman–Crippen MR) is 137 cm³/mol. The van der Waals surface area contributed by atoms with Crippen LogP contribution in [0.3, 0.4) is 0 Å². The Hall–Kier alpha value is -0.570. The average Bonchev–Trinajstić information content (AvgIpc) is 3.13. The number of halogens is 2. The molecule has 0 bridgehead atoms. The lowest BCUT2D eigenvalue weighted by Gasteiger charge is -2.63. The first-order valence-electron chi connectivity index (χ1n) is 11.8. The number of piperidine rings is 1. The van der Waals surface area contributed by atoms with Crippen molar-refractivity contribution in [3.63, 3.8) is 0 Å². The molecule has 1 aromatic rings. The van der Waals surface area contributed by atoms with Crippen LogP contribution in [0.2, 0.25) is 5.02 Å². The van der Waals surface area contributed by atoms with Crippen molar-refractivity contribution in [2.75, 3.05) is 26.2 Å². The topological polar surface area (TPSA) is 48.9 Å². The van der Waals surface area contributed by atoms with E-state index in [2.05, 4.69) is 34.6 Å². The van der Waals surface area contributed by atoms with Gasteiger partial charge in [0.05, 0.1) is 6.10 Å². The molecular formula is C24H36ClIN4O. The molecule has 0 amide bonds. The summed E-state index contributed by atoms with van der Waals surface area (Å²) in [5, 5.41) is 8.43. The van der Waals surface area contributed by atoms with Crippen molar-refractivity contribution in [1.82, 2.24) is 15.5 Å². The van der Waals surface area contributed by atoms with Gasteiger partial charge in [-0.1, -0.05) is 30.2 Å². The number of likely N-dealkylation sites (tertiary alicyclic amines) is 1. The van der Waals surface area contributed by atoms with Crippen molar-refractivity contribution >= 4 is 41.5 Å². The van der Waals surface area contributed by atoms with Gasteiger partial charge in [-0.15, -0.1) is 24.0 Å². The molecule has 0 aromatic heterocycles. The molecule has 3 atom stereocenters. The zero-order valence-electron chi connectivity index (χ0n) is 18.5. The average molecular weight is 559 g/mol.